The van der Waals surface area contributed by atoms with Gasteiger partial charge in [-0.3, -0.25) is 4.79 Å². The van der Waals surface area contributed by atoms with Crippen LogP contribution < -0.4 is 5.32 Å². The lowest BCUT2D eigenvalue weighted by molar-refractivity contribution is -0.141. The van der Waals surface area contributed by atoms with Crippen LogP contribution in [0.3, 0.4) is 0 Å². The zero-order chi connectivity index (χ0) is 12.6. The van der Waals surface area contributed by atoms with Gasteiger partial charge >= 0.3 is 12.0 Å². The fourth-order valence-corrected chi connectivity index (χ4v) is 1.10. The van der Waals surface area contributed by atoms with Gasteiger partial charge in [0.15, 0.2) is 0 Å². The van der Waals surface area contributed by atoms with E-state index >= 15 is 0 Å². The fourth-order valence-electron chi connectivity index (χ4n) is 1.10. The van der Waals surface area contributed by atoms with E-state index in [4.69, 9.17) is 5.11 Å². The third kappa shape index (κ3) is 6.06. The van der Waals surface area contributed by atoms with Crippen LogP contribution in [-0.4, -0.2) is 42.1 Å². The van der Waals surface area contributed by atoms with Crippen LogP contribution in [0.5, 0.6) is 0 Å². The van der Waals surface area contributed by atoms with Crippen molar-refractivity contribution in [2.24, 2.45) is 5.92 Å². The molecule has 2 amide bonds. The molecule has 5 heteroatoms. The van der Waals surface area contributed by atoms with Crippen LogP contribution in [0.25, 0.3) is 0 Å². The van der Waals surface area contributed by atoms with Crippen molar-refractivity contribution < 1.29 is 14.7 Å². The van der Waals surface area contributed by atoms with E-state index in [9.17, 15) is 9.59 Å². The number of carboxylic acid groups (broad SMARTS) is 1. The molecule has 0 radical (unpaired) electrons. The molecule has 16 heavy (non-hydrogen) atoms. The molecule has 0 aliphatic heterocycles. The lowest BCUT2D eigenvalue weighted by Gasteiger charge is -2.19. The standard InChI is InChI=1S/C11H20N2O3/c1-4-5-6-7-12-11(16)13(3)8-9(2)10(14)15/h5-6,9H,4,7-8H2,1-3H3,(H,12,16)(H,14,15)/b6-5+. The van der Waals surface area contributed by atoms with E-state index in [0.29, 0.717) is 6.54 Å². The number of aliphatic carboxylic acids is 1. The number of carbonyl (C=O) groups is 2. The number of allylic oxidation sites excluding steroid dienone is 1. The zero-order valence-electron chi connectivity index (χ0n) is 10.1. The number of carbonyl (C=O) groups excluding carboxylic acids is 1. The number of rotatable bonds is 6. The van der Waals surface area contributed by atoms with Gasteiger partial charge < -0.3 is 15.3 Å². The summed E-state index contributed by atoms with van der Waals surface area (Å²) in [5.74, 6) is -1.45. The van der Waals surface area contributed by atoms with Crippen LogP contribution >= 0.6 is 0 Å². The molecule has 2 N–H and O–H groups in total. The van der Waals surface area contributed by atoms with Gasteiger partial charge in [-0.2, -0.15) is 0 Å². The van der Waals surface area contributed by atoms with Crippen LogP contribution in [-0.2, 0) is 4.79 Å². The number of amides is 2. The molecule has 0 rings (SSSR count). The molecule has 0 heterocycles. The molecule has 5 nitrogen and oxygen atoms in total. The summed E-state index contributed by atoms with van der Waals surface area (Å²) in [6, 6.07) is -0.256. The maximum atomic E-state index is 11.5. The van der Waals surface area contributed by atoms with Crippen molar-refractivity contribution in [3.05, 3.63) is 12.2 Å². The van der Waals surface area contributed by atoms with Gasteiger partial charge in [-0.05, 0) is 6.42 Å². The molecule has 0 aromatic rings. The highest BCUT2D eigenvalue weighted by molar-refractivity contribution is 5.75. The highest BCUT2D eigenvalue weighted by atomic mass is 16.4. The molecule has 0 aliphatic carbocycles. The second-order valence-corrected chi connectivity index (χ2v) is 3.69. The Balaban J connectivity index is 3.90. The van der Waals surface area contributed by atoms with Crippen molar-refractivity contribution in [2.45, 2.75) is 20.3 Å². The third-order valence-corrected chi connectivity index (χ3v) is 2.09. The maximum absolute atomic E-state index is 11.5. The summed E-state index contributed by atoms with van der Waals surface area (Å²) in [4.78, 5) is 23.4. The molecule has 1 atom stereocenters. The minimum Gasteiger partial charge on any atom is -0.481 e. The summed E-state index contributed by atoms with van der Waals surface area (Å²) in [6.45, 7) is 4.26. The van der Waals surface area contributed by atoms with Gasteiger partial charge in [0.2, 0.25) is 0 Å². The van der Waals surface area contributed by atoms with Crippen molar-refractivity contribution in [1.29, 1.82) is 0 Å². The van der Waals surface area contributed by atoms with Gasteiger partial charge in [-0.25, -0.2) is 4.79 Å². The average molecular weight is 228 g/mol. The molecule has 92 valence electrons. The van der Waals surface area contributed by atoms with Crippen LogP contribution in [0.15, 0.2) is 12.2 Å². The normalized spacial score (nSPS) is 12.4. The molecule has 0 aliphatic rings. The molecule has 0 aromatic heterocycles. The van der Waals surface area contributed by atoms with E-state index in [1.54, 1.807) is 14.0 Å². The SMILES string of the molecule is CC/C=C/CNC(=O)N(C)CC(C)C(=O)O. The predicted octanol–water partition coefficient (Wildman–Crippen LogP) is 1.31. The quantitative estimate of drug-likeness (QED) is 0.673. The minimum absolute atomic E-state index is 0.207. The van der Waals surface area contributed by atoms with E-state index in [2.05, 4.69) is 5.32 Å². The van der Waals surface area contributed by atoms with Gasteiger partial charge in [0.05, 0.1) is 5.92 Å². The monoisotopic (exact) mass is 228 g/mol. The fraction of sp³-hybridized carbons (Fsp3) is 0.636. The molecular formula is C11H20N2O3. The lowest BCUT2D eigenvalue weighted by Crippen LogP contribution is -2.40. The van der Waals surface area contributed by atoms with E-state index < -0.39 is 11.9 Å². The number of carboxylic acids is 1. The Morgan fingerprint density at radius 1 is 1.44 bits per heavy atom. The Morgan fingerprint density at radius 2 is 2.06 bits per heavy atom. The molecule has 0 aromatic carbocycles. The summed E-state index contributed by atoms with van der Waals surface area (Å²) >= 11 is 0. The number of hydrogen-bond acceptors (Lipinski definition) is 2. The highest BCUT2D eigenvalue weighted by Crippen LogP contribution is 1.98. The molecule has 0 bridgehead atoms. The Bertz CT molecular complexity index is 264. The molecule has 0 fully saturated rings. The summed E-state index contributed by atoms with van der Waals surface area (Å²) in [5, 5.41) is 11.4. The third-order valence-electron chi connectivity index (χ3n) is 2.09. The van der Waals surface area contributed by atoms with Crippen molar-refractivity contribution in [2.75, 3.05) is 20.1 Å². The van der Waals surface area contributed by atoms with E-state index in [1.807, 2.05) is 19.1 Å². The van der Waals surface area contributed by atoms with Crippen molar-refractivity contribution in [1.82, 2.24) is 10.2 Å². The first kappa shape index (κ1) is 14.5. The van der Waals surface area contributed by atoms with E-state index in [0.717, 1.165) is 6.42 Å². The summed E-state index contributed by atoms with van der Waals surface area (Å²) in [6.07, 6.45) is 4.76. The van der Waals surface area contributed by atoms with Crippen molar-refractivity contribution in [3.8, 4) is 0 Å². The van der Waals surface area contributed by atoms with Crippen LogP contribution in [0, 0.1) is 5.92 Å². The van der Waals surface area contributed by atoms with Crippen molar-refractivity contribution >= 4 is 12.0 Å². The Labute approximate surface area is 96.1 Å². The summed E-state index contributed by atoms with van der Waals surface area (Å²) < 4.78 is 0. The van der Waals surface area contributed by atoms with E-state index in [1.165, 1.54) is 4.90 Å². The second-order valence-electron chi connectivity index (χ2n) is 3.69. The van der Waals surface area contributed by atoms with Crippen LogP contribution in [0.2, 0.25) is 0 Å². The van der Waals surface area contributed by atoms with Gasteiger partial charge in [0.25, 0.3) is 0 Å². The largest absolute Gasteiger partial charge is 0.481 e. The van der Waals surface area contributed by atoms with Gasteiger partial charge in [0, 0.05) is 20.1 Å². The highest BCUT2D eigenvalue weighted by Gasteiger charge is 2.16. The molecule has 0 spiro atoms. The Kier molecular flexibility index (Phi) is 7.00. The first-order valence-electron chi connectivity index (χ1n) is 5.35. The summed E-state index contributed by atoms with van der Waals surface area (Å²) in [7, 11) is 1.58. The maximum Gasteiger partial charge on any atom is 0.317 e. The van der Waals surface area contributed by atoms with Gasteiger partial charge in [-0.15, -0.1) is 0 Å². The second kappa shape index (κ2) is 7.73. The topological polar surface area (TPSA) is 69.6 Å². The first-order chi connectivity index (χ1) is 7.49. The van der Waals surface area contributed by atoms with E-state index in [-0.39, 0.29) is 12.6 Å². The number of nitrogens with one attached hydrogen (secondary N) is 1. The first-order valence-corrected chi connectivity index (χ1v) is 5.35. The van der Waals surface area contributed by atoms with Crippen LogP contribution in [0.1, 0.15) is 20.3 Å². The smallest absolute Gasteiger partial charge is 0.317 e. The molecule has 0 saturated carbocycles. The van der Waals surface area contributed by atoms with Gasteiger partial charge in [-0.1, -0.05) is 26.0 Å². The average Bonchev–Trinajstić information content (AvgIpc) is 2.23. The molecule has 0 saturated heterocycles. The van der Waals surface area contributed by atoms with Gasteiger partial charge in [0.1, 0.15) is 0 Å². The lowest BCUT2D eigenvalue weighted by atomic mass is 10.2. The number of hydrogen-bond donors (Lipinski definition) is 2. The number of nitrogens with zero attached hydrogens (tertiary/aromatic N) is 1. The molecule has 1 unspecified atom stereocenters. The minimum atomic E-state index is -0.898. The van der Waals surface area contributed by atoms with Crippen molar-refractivity contribution in [3.63, 3.8) is 0 Å². The Morgan fingerprint density at radius 3 is 2.56 bits per heavy atom. The summed E-state index contributed by atoms with van der Waals surface area (Å²) in [5.41, 5.74) is 0. The molecular weight excluding hydrogens is 208 g/mol. The number of urea groups is 1. The van der Waals surface area contributed by atoms with Crippen LogP contribution in [0.4, 0.5) is 4.79 Å². The zero-order valence-corrected chi connectivity index (χ0v) is 10.1. The Hall–Kier alpha value is -1.52. The predicted molar refractivity (Wildman–Crippen MR) is 62.3 cm³/mol.